The van der Waals surface area contributed by atoms with Crippen LogP contribution in [0.4, 0.5) is 17.1 Å². The lowest BCUT2D eigenvalue weighted by molar-refractivity contribution is 0.0602. The minimum Gasteiger partial charge on any atom is -0.465 e. The summed E-state index contributed by atoms with van der Waals surface area (Å²) in [5, 5.41) is 3.65. The van der Waals surface area contributed by atoms with E-state index in [0.717, 1.165) is 4.47 Å². The molecular formula is C14H12BrClN2O2. The molecule has 2 rings (SSSR count). The number of para-hydroxylation sites is 1. The second-order valence-electron chi connectivity index (χ2n) is 4.01. The predicted octanol–water partition coefficient (Wildman–Crippen LogP) is 4.21. The average Bonchev–Trinajstić information content (AvgIpc) is 2.43. The number of hydrogen-bond donors (Lipinski definition) is 2. The monoisotopic (exact) mass is 354 g/mol. The van der Waals surface area contributed by atoms with E-state index in [-0.39, 0.29) is 0 Å². The lowest BCUT2D eigenvalue weighted by Gasteiger charge is -2.13. The molecule has 0 saturated carbocycles. The largest absolute Gasteiger partial charge is 0.465 e. The highest BCUT2D eigenvalue weighted by atomic mass is 79.9. The highest BCUT2D eigenvalue weighted by molar-refractivity contribution is 9.10. The van der Waals surface area contributed by atoms with Gasteiger partial charge in [0.25, 0.3) is 0 Å². The number of halogens is 2. The molecule has 2 aromatic rings. The summed E-state index contributed by atoms with van der Waals surface area (Å²) in [7, 11) is 1.31. The Morgan fingerprint density at radius 3 is 2.70 bits per heavy atom. The quantitative estimate of drug-likeness (QED) is 0.639. The van der Waals surface area contributed by atoms with E-state index in [1.807, 2.05) is 12.1 Å². The third-order valence-corrected chi connectivity index (χ3v) is 3.52. The number of anilines is 3. The summed E-state index contributed by atoms with van der Waals surface area (Å²) in [5.41, 5.74) is 7.89. The van der Waals surface area contributed by atoms with E-state index in [1.165, 1.54) is 7.11 Å². The molecule has 104 valence electrons. The van der Waals surface area contributed by atoms with Gasteiger partial charge in [-0.1, -0.05) is 33.6 Å². The summed E-state index contributed by atoms with van der Waals surface area (Å²) in [5.74, 6) is -0.479. The Bertz CT molecular complexity index is 662. The maximum absolute atomic E-state index is 11.6. The molecule has 3 N–H and O–H groups in total. The van der Waals surface area contributed by atoms with Crippen molar-refractivity contribution in [3.63, 3.8) is 0 Å². The van der Waals surface area contributed by atoms with E-state index < -0.39 is 5.97 Å². The fourth-order valence-electron chi connectivity index (χ4n) is 1.70. The van der Waals surface area contributed by atoms with Crippen molar-refractivity contribution in [1.29, 1.82) is 0 Å². The third-order valence-electron chi connectivity index (χ3n) is 2.71. The molecule has 0 atom stereocenters. The van der Waals surface area contributed by atoms with Gasteiger partial charge in [-0.25, -0.2) is 4.79 Å². The summed E-state index contributed by atoms with van der Waals surface area (Å²) in [6, 6.07) is 10.5. The number of carbonyl (C=O) groups excluding carboxylic acids is 1. The highest BCUT2D eigenvalue weighted by Gasteiger charge is 2.13. The van der Waals surface area contributed by atoms with Crippen LogP contribution in [-0.2, 0) is 4.74 Å². The van der Waals surface area contributed by atoms with Crippen LogP contribution in [0, 0.1) is 0 Å². The first kappa shape index (κ1) is 14.7. The first-order valence-corrected chi connectivity index (χ1v) is 6.89. The third kappa shape index (κ3) is 3.05. The number of nitrogen functional groups attached to an aromatic ring is 1. The Labute approximate surface area is 130 Å². The number of carbonyl (C=O) groups is 1. The Balaban J connectivity index is 2.37. The molecule has 4 nitrogen and oxygen atoms in total. The molecule has 0 fully saturated rings. The van der Waals surface area contributed by atoms with E-state index in [9.17, 15) is 4.79 Å². The van der Waals surface area contributed by atoms with E-state index in [2.05, 4.69) is 26.0 Å². The van der Waals surface area contributed by atoms with E-state index in [0.29, 0.717) is 27.6 Å². The van der Waals surface area contributed by atoms with Crippen molar-refractivity contribution in [2.45, 2.75) is 0 Å². The Morgan fingerprint density at radius 1 is 1.30 bits per heavy atom. The van der Waals surface area contributed by atoms with E-state index >= 15 is 0 Å². The number of nitrogens with two attached hydrogens (primary N) is 1. The lowest BCUT2D eigenvalue weighted by atomic mass is 10.1. The van der Waals surface area contributed by atoms with Crippen molar-refractivity contribution in [3.05, 3.63) is 51.5 Å². The summed E-state index contributed by atoms with van der Waals surface area (Å²) in [6.07, 6.45) is 0. The van der Waals surface area contributed by atoms with Crippen LogP contribution in [0.25, 0.3) is 0 Å². The fraction of sp³-hybridized carbons (Fsp3) is 0.0714. The van der Waals surface area contributed by atoms with Gasteiger partial charge in [0, 0.05) is 4.47 Å². The molecule has 0 aliphatic carbocycles. The highest BCUT2D eigenvalue weighted by Crippen LogP contribution is 2.32. The Morgan fingerprint density at radius 2 is 2.05 bits per heavy atom. The zero-order chi connectivity index (χ0) is 14.7. The molecule has 6 heteroatoms. The van der Waals surface area contributed by atoms with Crippen LogP contribution in [0.2, 0.25) is 5.02 Å². The molecular weight excluding hydrogens is 344 g/mol. The summed E-state index contributed by atoms with van der Waals surface area (Å²) in [4.78, 5) is 11.6. The number of ether oxygens (including phenoxy) is 1. The van der Waals surface area contributed by atoms with Gasteiger partial charge < -0.3 is 15.8 Å². The van der Waals surface area contributed by atoms with Crippen LogP contribution >= 0.6 is 27.5 Å². The lowest BCUT2D eigenvalue weighted by Crippen LogP contribution is -2.07. The van der Waals surface area contributed by atoms with Gasteiger partial charge in [0.2, 0.25) is 0 Å². The van der Waals surface area contributed by atoms with Crippen LogP contribution in [0.5, 0.6) is 0 Å². The predicted molar refractivity (Wildman–Crippen MR) is 84.6 cm³/mol. The van der Waals surface area contributed by atoms with E-state index in [4.69, 9.17) is 17.3 Å². The zero-order valence-electron chi connectivity index (χ0n) is 10.6. The minimum absolute atomic E-state index is 0.311. The number of benzene rings is 2. The zero-order valence-corrected chi connectivity index (χ0v) is 13.0. The van der Waals surface area contributed by atoms with Crippen LogP contribution in [0.1, 0.15) is 10.4 Å². The molecule has 0 saturated heterocycles. The van der Waals surface area contributed by atoms with Gasteiger partial charge in [-0.05, 0) is 30.3 Å². The molecule has 0 amide bonds. The normalized spacial score (nSPS) is 10.2. The molecule has 0 heterocycles. The molecule has 2 aromatic carbocycles. The molecule has 0 bridgehead atoms. The molecule has 0 aromatic heterocycles. The second kappa shape index (κ2) is 6.15. The summed E-state index contributed by atoms with van der Waals surface area (Å²) >= 11 is 9.47. The van der Waals surface area contributed by atoms with Gasteiger partial charge in [-0.3, -0.25) is 0 Å². The maximum atomic E-state index is 11.6. The van der Waals surface area contributed by atoms with Gasteiger partial charge in [0.05, 0.1) is 34.8 Å². The summed E-state index contributed by atoms with van der Waals surface area (Å²) in [6.45, 7) is 0. The summed E-state index contributed by atoms with van der Waals surface area (Å²) < 4.78 is 5.56. The molecule has 0 unspecified atom stereocenters. The van der Waals surface area contributed by atoms with Gasteiger partial charge in [-0.15, -0.1) is 0 Å². The number of methoxy groups -OCH3 is 1. The van der Waals surface area contributed by atoms with Crippen molar-refractivity contribution in [2.24, 2.45) is 0 Å². The maximum Gasteiger partial charge on any atom is 0.340 e. The minimum atomic E-state index is -0.479. The van der Waals surface area contributed by atoms with Crippen molar-refractivity contribution in [3.8, 4) is 0 Å². The van der Waals surface area contributed by atoms with Gasteiger partial charge >= 0.3 is 5.97 Å². The Kier molecular flexibility index (Phi) is 4.52. The number of rotatable bonds is 3. The van der Waals surface area contributed by atoms with Gasteiger partial charge in [0.1, 0.15) is 0 Å². The molecule has 0 radical (unpaired) electrons. The van der Waals surface area contributed by atoms with E-state index in [1.54, 1.807) is 24.3 Å². The van der Waals surface area contributed by atoms with Crippen molar-refractivity contribution in [2.75, 3.05) is 18.2 Å². The van der Waals surface area contributed by atoms with Crippen LogP contribution in [-0.4, -0.2) is 13.1 Å². The number of nitrogens with one attached hydrogen (secondary N) is 1. The standard InChI is InChI=1S/C14H12BrClN2O2/c1-20-14(19)9-3-2-4-12(13(9)17)18-11-6-5-8(15)7-10(11)16/h2-7,18H,17H2,1H3. The van der Waals surface area contributed by atoms with Gasteiger partial charge in [-0.2, -0.15) is 0 Å². The molecule has 0 aliphatic rings. The van der Waals surface area contributed by atoms with Crippen molar-refractivity contribution < 1.29 is 9.53 Å². The van der Waals surface area contributed by atoms with Crippen LogP contribution in [0.15, 0.2) is 40.9 Å². The molecule has 0 spiro atoms. The number of hydrogen-bond acceptors (Lipinski definition) is 4. The molecule has 0 aliphatic heterocycles. The van der Waals surface area contributed by atoms with Crippen molar-refractivity contribution in [1.82, 2.24) is 0 Å². The van der Waals surface area contributed by atoms with Crippen LogP contribution in [0.3, 0.4) is 0 Å². The number of esters is 1. The Hall–Kier alpha value is -1.72. The average molecular weight is 356 g/mol. The molecule has 20 heavy (non-hydrogen) atoms. The first-order valence-electron chi connectivity index (χ1n) is 5.72. The van der Waals surface area contributed by atoms with Gasteiger partial charge in [0.15, 0.2) is 0 Å². The smallest absolute Gasteiger partial charge is 0.340 e. The first-order chi connectivity index (χ1) is 9.52. The fourth-order valence-corrected chi connectivity index (χ4v) is 2.42. The SMILES string of the molecule is COC(=O)c1cccc(Nc2ccc(Br)cc2Cl)c1N. The topological polar surface area (TPSA) is 64.3 Å². The second-order valence-corrected chi connectivity index (χ2v) is 5.33. The van der Waals surface area contributed by atoms with Crippen molar-refractivity contribution >= 4 is 50.6 Å². The van der Waals surface area contributed by atoms with Crippen LogP contribution < -0.4 is 11.1 Å².